The second-order valence-corrected chi connectivity index (χ2v) is 7.69. The van der Waals surface area contributed by atoms with Crippen LogP contribution in [-0.2, 0) is 9.53 Å². The lowest BCUT2D eigenvalue weighted by Gasteiger charge is -2.44. The topological polar surface area (TPSA) is 53.1 Å². The molecule has 1 aromatic carbocycles. The number of piperazine rings is 1. The van der Waals surface area contributed by atoms with Gasteiger partial charge in [0.1, 0.15) is 0 Å². The van der Waals surface area contributed by atoms with E-state index in [1.807, 2.05) is 29.2 Å². The third-order valence-electron chi connectivity index (χ3n) is 5.65. The van der Waals surface area contributed by atoms with Gasteiger partial charge in [0.25, 0.3) is 5.91 Å². The molecule has 0 aliphatic carbocycles. The van der Waals surface area contributed by atoms with Gasteiger partial charge in [-0.2, -0.15) is 0 Å². The van der Waals surface area contributed by atoms with Crippen LogP contribution < -0.4 is 4.90 Å². The molecule has 0 aromatic heterocycles. The van der Waals surface area contributed by atoms with Gasteiger partial charge in [0, 0.05) is 69.7 Å². The summed E-state index contributed by atoms with van der Waals surface area (Å²) in [5.41, 5.74) is 1.58. The quantitative estimate of drug-likeness (QED) is 0.719. The van der Waals surface area contributed by atoms with Gasteiger partial charge in [0.2, 0.25) is 5.91 Å². The number of anilines is 1. The maximum atomic E-state index is 13.0. The number of methoxy groups -OCH3 is 1. The Morgan fingerprint density at radius 2 is 1.81 bits per heavy atom. The van der Waals surface area contributed by atoms with Crippen LogP contribution in [0.3, 0.4) is 0 Å². The first-order valence-corrected chi connectivity index (χ1v) is 9.95. The molecule has 0 spiro atoms. The van der Waals surface area contributed by atoms with Crippen molar-refractivity contribution in [3.8, 4) is 0 Å². The summed E-state index contributed by atoms with van der Waals surface area (Å²) in [5, 5.41) is 0. The maximum absolute atomic E-state index is 13.0. The van der Waals surface area contributed by atoms with E-state index in [1.165, 1.54) is 0 Å². The van der Waals surface area contributed by atoms with Crippen molar-refractivity contribution in [2.24, 2.45) is 0 Å². The van der Waals surface area contributed by atoms with Gasteiger partial charge in [0.15, 0.2) is 0 Å². The number of carbonyl (C=O) groups excluding carboxylic acids is 2. The van der Waals surface area contributed by atoms with E-state index >= 15 is 0 Å². The Morgan fingerprint density at radius 1 is 1.15 bits per heavy atom. The van der Waals surface area contributed by atoms with E-state index in [4.69, 9.17) is 4.74 Å². The molecule has 2 fully saturated rings. The Kier molecular flexibility index (Phi) is 6.50. The molecule has 27 heavy (non-hydrogen) atoms. The molecule has 2 unspecified atom stereocenters. The van der Waals surface area contributed by atoms with E-state index in [0.29, 0.717) is 24.1 Å². The summed E-state index contributed by atoms with van der Waals surface area (Å²) in [6, 6.07) is 8.15. The van der Waals surface area contributed by atoms with Crippen LogP contribution in [0.4, 0.5) is 5.69 Å². The fourth-order valence-electron chi connectivity index (χ4n) is 4.24. The third-order valence-corrected chi connectivity index (χ3v) is 5.65. The van der Waals surface area contributed by atoms with Crippen LogP contribution in [0.25, 0.3) is 0 Å². The van der Waals surface area contributed by atoms with Crippen molar-refractivity contribution in [1.29, 1.82) is 0 Å². The number of rotatable bonds is 6. The lowest BCUT2D eigenvalue weighted by atomic mass is 10.1. The zero-order valence-electron chi connectivity index (χ0n) is 16.7. The van der Waals surface area contributed by atoms with E-state index in [-0.39, 0.29) is 11.8 Å². The van der Waals surface area contributed by atoms with Gasteiger partial charge >= 0.3 is 0 Å². The van der Waals surface area contributed by atoms with Crippen molar-refractivity contribution in [3.05, 3.63) is 29.8 Å². The normalized spacial score (nSPS) is 23.9. The highest BCUT2D eigenvalue weighted by atomic mass is 16.5. The lowest BCUT2D eigenvalue weighted by Crippen LogP contribution is -2.58. The van der Waals surface area contributed by atoms with Crippen molar-refractivity contribution < 1.29 is 14.3 Å². The first kappa shape index (κ1) is 19.8. The molecule has 6 nitrogen and oxygen atoms in total. The molecule has 3 rings (SSSR count). The molecule has 0 N–H and O–H groups in total. The molecular formula is C21H31N3O3. The highest BCUT2D eigenvalue weighted by Gasteiger charge is 2.32. The summed E-state index contributed by atoms with van der Waals surface area (Å²) in [6.07, 6.45) is 2.53. The van der Waals surface area contributed by atoms with Gasteiger partial charge in [-0.3, -0.25) is 14.5 Å². The van der Waals surface area contributed by atoms with E-state index in [2.05, 4.69) is 18.7 Å². The maximum Gasteiger partial charge on any atom is 0.253 e. The standard InChI is InChI=1S/C21H31N3O3/c1-16-14-22(15-17(2)23(16)12-5-13-27-3)21(26)18-7-9-19(10-8-18)24-11-4-6-20(24)25/h7-10,16-17H,4-6,11-15H2,1-3H3. The zero-order chi connectivity index (χ0) is 19.4. The van der Waals surface area contributed by atoms with E-state index in [1.54, 1.807) is 12.0 Å². The summed E-state index contributed by atoms with van der Waals surface area (Å²) < 4.78 is 5.16. The first-order valence-electron chi connectivity index (χ1n) is 9.95. The van der Waals surface area contributed by atoms with Crippen molar-refractivity contribution >= 4 is 17.5 Å². The minimum Gasteiger partial charge on any atom is -0.385 e. The fourth-order valence-corrected chi connectivity index (χ4v) is 4.24. The van der Waals surface area contributed by atoms with E-state index in [0.717, 1.165) is 51.3 Å². The number of hydrogen-bond donors (Lipinski definition) is 0. The second kappa shape index (κ2) is 8.85. The minimum absolute atomic E-state index is 0.0736. The predicted molar refractivity (Wildman–Crippen MR) is 106 cm³/mol. The largest absolute Gasteiger partial charge is 0.385 e. The monoisotopic (exact) mass is 373 g/mol. The summed E-state index contributed by atoms with van der Waals surface area (Å²) >= 11 is 0. The highest BCUT2D eigenvalue weighted by molar-refractivity contribution is 5.97. The number of nitrogens with zero attached hydrogens (tertiary/aromatic N) is 3. The number of ether oxygens (including phenoxy) is 1. The molecule has 0 radical (unpaired) electrons. The molecular weight excluding hydrogens is 342 g/mol. The number of benzene rings is 1. The molecule has 6 heteroatoms. The van der Waals surface area contributed by atoms with Gasteiger partial charge in [-0.15, -0.1) is 0 Å². The van der Waals surface area contributed by atoms with Gasteiger partial charge < -0.3 is 14.5 Å². The summed E-state index contributed by atoms with van der Waals surface area (Å²) in [4.78, 5) is 31.1. The molecule has 2 saturated heterocycles. The van der Waals surface area contributed by atoms with Crippen molar-refractivity contribution in [2.45, 2.75) is 45.2 Å². The molecule has 2 heterocycles. The molecule has 1 aromatic rings. The van der Waals surface area contributed by atoms with Crippen LogP contribution in [0.2, 0.25) is 0 Å². The molecule has 2 atom stereocenters. The summed E-state index contributed by atoms with van der Waals surface area (Å²) in [7, 11) is 1.73. The van der Waals surface area contributed by atoms with Crippen molar-refractivity contribution in [3.63, 3.8) is 0 Å². The van der Waals surface area contributed by atoms with Crippen LogP contribution in [0, 0.1) is 0 Å². The number of carbonyl (C=O) groups is 2. The SMILES string of the molecule is COCCCN1C(C)CN(C(=O)c2ccc(N3CCCC3=O)cc2)CC1C. The van der Waals surface area contributed by atoms with Gasteiger partial charge in [0.05, 0.1) is 0 Å². The van der Waals surface area contributed by atoms with Gasteiger partial charge in [-0.05, 0) is 51.0 Å². The Hall–Kier alpha value is -1.92. The Morgan fingerprint density at radius 3 is 2.37 bits per heavy atom. The molecule has 0 bridgehead atoms. The number of hydrogen-bond acceptors (Lipinski definition) is 4. The average Bonchev–Trinajstić information content (AvgIpc) is 3.09. The van der Waals surface area contributed by atoms with Crippen LogP contribution in [-0.4, -0.2) is 73.6 Å². The molecule has 2 amide bonds. The van der Waals surface area contributed by atoms with Crippen LogP contribution in [0.5, 0.6) is 0 Å². The lowest BCUT2D eigenvalue weighted by molar-refractivity contribution is -0.117. The van der Waals surface area contributed by atoms with E-state index < -0.39 is 0 Å². The Balaban J connectivity index is 1.61. The fraction of sp³-hybridized carbons (Fsp3) is 0.619. The zero-order valence-corrected chi connectivity index (χ0v) is 16.7. The van der Waals surface area contributed by atoms with Crippen molar-refractivity contribution in [1.82, 2.24) is 9.80 Å². The molecule has 2 aliphatic rings. The summed E-state index contributed by atoms with van der Waals surface area (Å²) in [6.45, 7) is 8.38. The second-order valence-electron chi connectivity index (χ2n) is 7.69. The average molecular weight is 373 g/mol. The van der Waals surface area contributed by atoms with Crippen LogP contribution in [0.1, 0.15) is 43.5 Å². The Bertz CT molecular complexity index is 649. The van der Waals surface area contributed by atoms with Crippen molar-refractivity contribution in [2.75, 3.05) is 44.8 Å². The van der Waals surface area contributed by atoms with Crippen LogP contribution in [0.15, 0.2) is 24.3 Å². The van der Waals surface area contributed by atoms with Gasteiger partial charge in [-0.25, -0.2) is 0 Å². The van der Waals surface area contributed by atoms with Crippen LogP contribution >= 0.6 is 0 Å². The highest BCUT2D eigenvalue weighted by Crippen LogP contribution is 2.23. The Labute approximate surface area is 162 Å². The number of amides is 2. The minimum atomic E-state index is 0.0736. The smallest absolute Gasteiger partial charge is 0.253 e. The molecule has 2 aliphatic heterocycles. The summed E-state index contributed by atoms with van der Waals surface area (Å²) in [5.74, 6) is 0.242. The van der Waals surface area contributed by atoms with E-state index in [9.17, 15) is 9.59 Å². The van der Waals surface area contributed by atoms with Gasteiger partial charge in [-0.1, -0.05) is 0 Å². The molecule has 148 valence electrons. The third kappa shape index (κ3) is 4.50. The molecule has 0 saturated carbocycles. The predicted octanol–water partition coefficient (Wildman–Crippen LogP) is 2.38. The first-order chi connectivity index (χ1) is 13.0.